The number of urea groups is 1. The van der Waals surface area contributed by atoms with Crippen LogP contribution in [-0.2, 0) is 4.79 Å². The number of aliphatic carboxylic acids is 1. The van der Waals surface area contributed by atoms with E-state index < -0.39 is 11.4 Å². The molecule has 1 saturated heterocycles. The van der Waals surface area contributed by atoms with Crippen molar-refractivity contribution in [1.82, 2.24) is 9.88 Å². The Morgan fingerprint density at radius 3 is 2.85 bits per heavy atom. The van der Waals surface area contributed by atoms with Gasteiger partial charge in [0.2, 0.25) is 0 Å². The summed E-state index contributed by atoms with van der Waals surface area (Å²) in [5.74, 6) is -0.848. The first-order valence-electron chi connectivity index (χ1n) is 6.60. The van der Waals surface area contributed by atoms with E-state index in [2.05, 4.69) is 4.98 Å². The van der Waals surface area contributed by atoms with Gasteiger partial charge in [0, 0.05) is 26.3 Å². The fourth-order valence-corrected chi connectivity index (χ4v) is 2.45. The first-order chi connectivity index (χ1) is 9.44. The molecule has 1 aromatic rings. The van der Waals surface area contributed by atoms with Crippen LogP contribution in [0.2, 0.25) is 0 Å². The van der Waals surface area contributed by atoms with E-state index in [-0.39, 0.29) is 12.6 Å². The second kappa shape index (κ2) is 5.48. The third-order valence-electron chi connectivity index (χ3n) is 3.80. The SMILES string of the molecule is CN(C(=O)N1CCCC(C)(C(=O)O)C1)c1cccnc1. The van der Waals surface area contributed by atoms with Gasteiger partial charge in [-0.15, -0.1) is 0 Å². The minimum absolute atomic E-state index is 0.190. The molecule has 1 aliphatic heterocycles. The van der Waals surface area contributed by atoms with Gasteiger partial charge in [-0.05, 0) is 31.9 Å². The number of nitrogens with zero attached hydrogens (tertiary/aromatic N) is 3. The van der Waals surface area contributed by atoms with E-state index in [9.17, 15) is 14.7 Å². The van der Waals surface area contributed by atoms with Crippen LogP contribution in [0.5, 0.6) is 0 Å². The van der Waals surface area contributed by atoms with Crippen LogP contribution in [0.25, 0.3) is 0 Å². The number of carboxylic acid groups (broad SMARTS) is 1. The van der Waals surface area contributed by atoms with Crippen molar-refractivity contribution in [3.63, 3.8) is 0 Å². The minimum Gasteiger partial charge on any atom is -0.481 e. The van der Waals surface area contributed by atoms with Gasteiger partial charge in [0.1, 0.15) is 0 Å². The van der Waals surface area contributed by atoms with Crippen molar-refractivity contribution in [3.8, 4) is 0 Å². The van der Waals surface area contributed by atoms with Crippen molar-refractivity contribution >= 4 is 17.7 Å². The van der Waals surface area contributed by atoms with Gasteiger partial charge in [0.25, 0.3) is 0 Å². The van der Waals surface area contributed by atoms with Gasteiger partial charge in [-0.1, -0.05) is 0 Å². The third kappa shape index (κ3) is 2.74. The fraction of sp³-hybridized carbons (Fsp3) is 0.500. The molecule has 1 aromatic heterocycles. The topological polar surface area (TPSA) is 73.7 Å². The minimum atomic E-state index is -0.857. The summed E-state index contributed by atoms with van der Waals surface area (Å²) >= 11 is 0. The number of rotatable bonds is 2. The lowest BCUT2D eigenvalue weighted by atomic mass is 9.82. The number of piperidine rings is 1. The van der Waals surface area contributed by atoms with Crippen molar-refractivity contribution in [2.75, 3.05) is 25.0 Å². The molecule has 1 aliphatic rings. The molecular weight excluding hydrogens is 258 g/mol. The van der Waals surface area contributed by atoms with Crippen molar-refractivity contribution < 1.29 is 14.7 Å². The maximum atomic E-state index is 12.4. The molecule has 1 N–H and O–H groups in total. The molecule has 1 fully saturated rings. The van der Waals surface area contributed by atoms with Crippen molar-refractivity contribution in [2.24, 2.45) is 5.41 Å². The average Bonchev–Trinajstić information content (AvgIpc) is 2.46. The number of likely N-dealkylation sites (tertiary alicyclic amines) is 1. The molecule has 0 aliphatic carbocycles. The van der Waals surface area contributed by atoms with Gasteiger partial charge in [-0.25, -0.2) is 4.79 Å². The largest absolute Gasteiger partial charge is 0.481 e. The van der Waals surface area contributed by atoms with Crippen LogP contribution in [0.1, 0.15) is 19.8 Å². The van der Waals surface area contributed by atoms with Crippen LogP contribution < -0.4 is 4.90 Å². The Balaban J connectivity index is 2.11. The highest BCUT2D eigenvalue weighted by atomic mass is 16.4. The van der Waals surface area contributed by atoms with Gasteiger partial charge in [0.15, 0.2) is 0 Å². The maximum Gasteiger partial charge on any atom is 0.324 e. The van der Waals surface area contributed by atoms with E-state index in [1.165, 1.54) is 4.90 Å². The second-order valence-electron chi connectivity index (χ2n) is 5.44. The number of anilines is 1. The Kier molecular flexibility index (Phi) is 3.92. The Morgan fingerprint density at radius 1 is 1.50 bits per heavy atom. The summed E-state index contributed by atoms with van der Waals surface area (Å²) in [7, 11) is 1.67. The van der Waals surface area contributed by atoms with E-state index in [0.717, 1.165) is 0 Å². The number of aromatic nitrogens is 1. The monoisotopic (exact) mass is 277 g/mol. The Bertz CT molecular complexity index is 506. The zero-order valence-corrected chi connectivity index (χ0v) is 11.7. The smallest absolute Gasteiger partial charge is 0.324 e. The van der Waals surface area contributed by atoms with Crippen LogP contribution in [0.3, 0.4) is 0 Å². The first-order valence-corrected chi connectivity index (χ1v) is 6.60. The molecule has 0 spiro atoms. The lowest BCUT2D eigenvalue weighted by Gasteiger charge is -2.39. The number of hydrogen-bond acceptors (Lipinski definition) is 3. The van der Waals surface area contributed by atoms with E-state index in [1.807, 2.05) is 0 Å². The quantitative estimate of drug-likeness (QED) is 0.895. The first kappa shape index (κ1) is 14.3. The number of amides is 2. The molecule has 6 nitrogen and oxygen atoms in total. The standard InChI is InChI=1S/C14H19N3O3/c1-14(12(18)19)6-4-8-17(10-14)13(20)16(2)11-5-3-7-15-9-11/h3,5,7,9H,4,6,8,10H2,1-2H3,(H,18,19). The highest BCUT2D eigenvalue weighted by Crippen LogP contribution is 2.30. The zero-order chi connectivity index (χ0) is 14.8. The molecule has 1 atom stereocenters. The van der Waals surface area contributed by atoms with E-state index in [4.69, 9.17) is 0 Å². The summed E-state index contributed by atoms with van der Waals surface area (Å²) < 4.78 is 0. The Morgan fingerprint density at radius 2 is 2.25 bits per heavy atom. The lowest BCUT2D eigenvalue weighted by Crippen LogP contribution is -2.52. The zero-order valence-electron chi connectivity index (χ0n) is 11.7. The van der Waals surface area contributed by atoms with Crippen LogP contribution in [0, 0.1) is 5.41 Å². The molecule has 0 radical (unpaired) electrons. The predicted octanol–water partition coefficient (Wildman–Crippen LogP) is 1.82. The van der Waals surface area contributed by atoms with Crippen LogP contribution in [-0.4, -0.2) is 47.1 Å². The summed E-state index contributed by atoms with van der Waals surface area (Å²) in [6.45, 7) is 2.52. The second-order valence-corrected chi connectivity index (χ2v) is 5.44. The van der Waals surface area contributed by atoms with Gasteiger partial charge in [-0.2, -0.15) is 0 Å². The molecule has 1 unspecified atom stereocenters. The molecule has 0 aromatic carbocycles. The molecular formula is C14H19N3O3. The number of carboxylic acids is 1. The third-order valence-corrected chi connectivity index (χ3v) is 3.80. The lowest BCUT2D eigenvalue weighted by molar-refractivity contribution is -0.150. The van der Waals surface area contributed by atoms with Crippen molar-refractivity contribution in [3.05, 3.63) is 24.5 Å². The van der Waals surface area contributed by atoms with Crippen molar-refractivity contribution in [1.29, 1.82) is 0 Å². The van der Waals surface area contributed by atoms with E-state index in [1.54, 1.807) is 43.4 Å². The van der Waals surface area contributed by atoms with Crippen LogP contribution in [0.4, 0.5) is 10.5 Å². The molecule has 108 valence electrons. The summed E-state index contributed by atoms with van der Waals surface area (Å²) in [5, 5.41) is 9.29. The van der Waals surface area contributed by atoms with Gasteiger partial charge < -0.3 is 10.0 Å². The van der Waals surface area contributed by atoms with E-state index >= 15 is 0 Å². The number of pyridine rings is 1. The molecule has 20 heavy (non-hydrogen) atoms. The Hall–Kier alpha value is -2.11. The highest BCUT2D eigenvalue weighted by molar-refractivity contribution is 5.91. The summed E-state index contributed by atoms with van der Waals surface area (Å²) in [5.41, 5.74) is -0.163. The van der Waals surface area contributed by atoms with Crippen LogP contribution in [0.15, 0.2) is 24.5 Å². The van der Waals surface area contributed by atoms with E-state index in [0.29, 0.717) is 25.1 Å². The van der Waals surface area contributed by atoms with Crippen LogP contribution >= 0.6 is 0 Å². The number of hydrogen-bond donors (Lipinski definition) is 1. The molecule has 6 heteroatoms. The molecule has 2 amide bonds. The summed E-state index contributed by atoms with van der Waals surface area (Å²) in [6.07, 6.45) is 4.56. The Labute approximate surface area is 118 Å². The van der Waals surface area contributed by atoms with Gasteiger partial charge >= 0.3 is 12.0 Å². The normalized spacial score (nSPS) is 22.4. The van der Waals surface area contributed by atoms with Gasteiger partial charge in [0.05, 0.1) is 17.3 Å². The average molecular weight is 277 g/mol. The predicted molar refractivity (Wildman–Crippen MR) is 74.6 cm³/mol. The number of carbonyl (C=O) groups is 2. The van der Waals surface area contributed by atoms with Gasteiger partial charge in [-0.3, -0.25) is 14.7 Å². The van der Waals surface area contributed by atoms with Crippen molar-refractivity contribution in [2.45, 2.75) is 19.8 Å². The highest BCUT2D eigenvalue weighted by Gasteiger charge is 2.40. The molecule has 2 heterocycles. The molecule has 0 bridgehead atoms. The summed E-state index contributed by atoms with van der Waals surface area (Å²) in [6, 6.07) is 3.37. The fourth-order valence-electron chi connectivity index (χ4n) is 2.45. The molecule has 0 saturated carbocycles. The summed E-state index contributed by atoms with van der Waals surface area (Å²) in [4.78, 5) is 30.8. The number of carbonyl (C=O) groups excluding carboxylic acids is 1. The molecule has 2 rings (SSSR count). The maximum absolute atomic E-state index is 12.4.